The Morgan fingerprint density at radius 2 is 2.53 bits per heavy atom. The van der Waals surface area contributed by atoms with Gasteiger partial charge in [0.15, 0.2) is 0 Å². The van der Waals surface area contributed by atoms with E-state index in [-0.39, 0.29) is 0 Å². The molecular formula is C12H17N3O2. The van der Waals surface area contributed by atoms with Crippen LogP contribution in [0.4, 0.5) is 0 Å². The predicted octanol–water partition coefficient (Wildman–Crippen LogP) is 0.620. The van der Waals surface area contributed by atoms with Crippen LogP contribution in [0.25, 0.3) is 0 Å². The number of nitrogens with two attached hydrogens (primary N) is 1. The summed E-state index contributed by atoms with van der Waals surface area (Å²) in [5.41, 5.74) is 6.30. The molecule has 1 amide bonds. The number of nitrogens with one attached hydrogen (secondary N) is 1. The van der Waals surface area contributed by atoms with Gasteiger partial charge in [0.05, 0.1) is 17.5 Å². The number of hydrogen-bond donors (Lipinski definition) is 2. The first-order chi connectivity index (χ1) is 8.16. The molecule has 2 heterocycles. The van der Waals surface area contributed by atoms with Crippen molar-refractivity contribution in [3.8, 4) is 5.75 Å². The standard InChI is InChI=1S/C12H17N3O2/c1-8-11(12(13)16)5-10(6-15-8)17-7-9-3-2-4-14-9/h5-6,9,14H,2-4,7H2,1H3,(H2,13,16)/t9-/m0/s1. The van der Waals surface area contributed by atoms with Gasteiger partial charge in [0.25, 0.3) is 5.91 Å². The lowest BCUT2D eigenvalue weighted by Gasteiger charge is -2.12. The zero-order valence-electron chi connectivity index (χ0n) is 9.90. The van der Waals surface area contributed by atoms with Crippen LogP contribution in [0.2, 0.25) is 0 Å². The lowest BCUT2D eigenvalue weighted by atomic mass is 10.2. The quantitative estimate of drug-likeness (QED) is 0.802. The fraction of sp³-hybridized carbons (Fsp3) is 0.500. The maximum absolute atomic E-state index is 11.1. The molecule has 0 aromatic carbocycles. The number of carbonyl (C=O) groups is 1. The van der Waals surface area contributed by atoms with Crippen molar-refractivity contribution in [1.29, 1.82) is 0 Å². The number of pyridine rings is 1. The number of hydrogen-bond acceptors (Lipinski definition) is 4. The lowest BCUT2D eigenvalue weighted by Crippen LogP contribution is -2.28. The Bertz CT molecular complexity index is 414. The molecule has 1 fully saturated rings. The van der Waals surface area contributed by atoms with Crippen LogP contribution < -0.4 is 15.8 Å². The molecule has 0 unspecified atom stereocenters. The van der Waals surface area contributed by atoms with E-state index in [2.05, 4.69) is 10.3 Å². The van der Waals surface area contributed by atoms with Crippen molar-refractivity contribution in [2.24, 2.45) is 5.73 Å². The molecule has 0 bridgehead atoms. The van der Waals surface area contributed by atoms with Crippen LogP contribution in [0.1, 0.15) is 28.9 Å². The summed E-state index contributed by atoms with van der Waals surface area (Å²) < 4.78 is 5.60. The summed E-state index contributed by atoms with van der Waals surface area (Å²) in [5, 5.41) is 3.34. The average Bonchev–Trinajstić information content (AvgIpc) is 2.80. The summed E-state index contributed by atoms with van der Waals surface area (Å²) in [5.74, 6) is 0.123. The fourth-order valence-electron chi connectivity index (χ4n) is 1.94. The third-order valence-corrected chi connectivity index (χ3v) is 2.94. The van der Waals surface area contributed by atoms with E-state index in [0.29, 0.717) is 29.7 Å². The van der Waals surface area contributed by atoms with Gasteiger partial charge in [0.2, 0.25) is 0 Å². The van der Waals surface area contributed by atoms with Crippen molar-refractivity contribution in [3.05, 3.63) is 23.5 Å². The van der Waals surface area contributed by atoms with Crippen LogP contribution in [-0.2, 0) is 0 Å². The topological polar surface area (TPSA) is 77.2 Å². The highest BCUT2D eigenvalue weighted by atomic mass is 16.5. The number of aromatic nitrogens is 1. The van der Waals surface area contributed by atoms with E-state index in [1.165, 1.54) is 6.42 Å². The largest absolute Gasteiger partial charge is 0.490 e. The van der Waals surface area contributed by atoms with Crippen molar-refractivity contribution in [2.45, 2.75) is 25.8 Å². The SMILES string of the molecule is Cc1ncc(OC[C@@H]2CCCN2)cc1C(N)=O. The number of aryl methyl sites for hydroxylation is 1. The van der Waals surface area contributed by atoms with Crippen molar-refractivity contribution in [3.63, 3.8) is 0 Å². The number of carbonyl (C=O) groups excluding carboxylic acids is 1. The molecule has 0 saturated carbocycles. The highest BCUT2D eigenvalue weighted by molar-refractivity contribution is 5.94. The third-order valence-electron chi connectivity index (χ3n) is 2.94. The van der Waals surface area contributed by atoms with E-state index in [4.69, 9.17) is 10.5 Å². The van der Waals surface area contributed by atoms with Crippen LogP contribution in [0.15, 0.2) is 12.3 Å². The Morgan fingerprint density at radius 1 is 1.71 bits per heavy atom. The molecule has 0 spiro atoms. The summed E-state index contributed by atoms with van der Waals surface area (Å²) in [6.07, 6.45) is 3.94. The monoisotopic (exact) mass is 235 g/mol. The van der Waals surface area contributed by atoms with E-state index in [9.17, 15) is 4.79 Å². The number of nitrogens with zero attached hydrogens (tertiary/aromatic N) is 1. The van der Waals surface area contributed by atoms with Crippen molar-refractivity contribution in [2.75, 3.05) is 13.2 Å². The fourth-order valence-corrected chi connectivity index (χ4v) is 1.94. The molecule has 0 radical (unpaired) electrons. The summed E-state index contributed by atoms with van der Waals surface area (Å²) in [6, 6.07) is 2.05. The Labute approximate surface area is 100 Å². The van der Waals surface area contributed by atoms with Crippen molar-refractivity contribution >= 4 is 5.91 Å². The van der Waals surface area contributed by atoms with E-state index in [0.717, 1.165) is 13.0 Å². The Morgan fingerprint density at radius 3 is 3.18 bits per heavy atom. The molecule has 1 aliphatic rings. The number of ether oxygens (including phenoxy) is 1. The molecule has 3 N–H and O–H groups in total. The molecule has 1 saturated heterocycles. The second-order valence-corrected chi connectivity index (χ2v) is 4.27. The normalized spacial score (nSPS) is 19.2. The minimum absolute atomic E-state index is 0.397. The summed E-state index contributed by atoms with van der Waals surface area (Å²) >= 11 is 0. The van der Waals surface area contributed by atoms with Gasteiger partial charge >= 0.3 is 0 Å². The van der Waals surface area contributed by atoms with Crippen molar-refractivity contribution < 1.29 is 9.53 Å². The first-order valence-corrected chi connectivity index (χ1v) is 5.79. The van der Waals surface area contributed by atoms with E-state index in [1.54, 1.807) is 19.2 Å². The summed E-state index contributed by atoms with van der Waals surface area (Å²) in [4.78, 5) is 15.2. The molecule has 1 atom stereocenters. The predicted molar refractivity (Wildman–Crippen MR) is 64.0 cm³/mol. The minimum Gasteiger partial charge on any atom is -0.490 e. The maximum Gasteiger partial charge on any atom is 0.250 e. The van der Waals surface area contributed by atoms with Gasteiger partial charge in [0.1, 0.15) is 12.4 Å². The van der Waals surface area contributed by atoms with Crippen LogP contribution in [0, 0.1) is 6.92 Å². The zero-order valence-corrected chi connectivity index (χ0v) is 9.90. The molecule has 17 heavy (non-hydrogen) atoms. The highest BCUT2D eigenvalue weighted by Crippen LogP contribution is 2.15. The molecular weight excluding hydrogens is 218 g/mol. The molecule has 1 aromatic rings. The van der Waals surface area contributed by atoms with Gasteiger partial charge in [-0.1, -0.05) is 0 Å². The Kier molecular flexibility index (Phi) is 3.58. The van der Waals surface area contributed by atoms with Gasteiger partial charge in [-0.05, 0) is 32.4 Å². The van der Waals surface area contributed by atoms with E-state index in [1.807, 2.05) is 0 Å². The van der Waals surface area contributed by atoms with Gasteiger partial charge in [0, 0.05) is 6.04 Å². The van der Waals surface area contributed by atoms with E-state index >= 15 is 0 Å². The molecule has 5 nitrogen and oxygen atoms in total. The molecule has 0 aliphatic carbocycles. The van der Waals surface area contributed by atoms with Crippen LogP contribution in [0.5, 0.6) is 5.75 Å². The molecule has 1 aromatic heterocycles. The minimum atomic E-state index is -0.473. The summed E-state index contributed by atoms with van der Waals surface area (Å²) in [6.45, 7) is 3.40. The number of amides is 1. The van der Waals surface area contributed by atoms with Gasteiger partial charge < -0.3 is 15.8 Å². The van der Waals surface area contributed by atoms with Crippen molar-refractivity contribution in [1.82, 2.24) is 10.3 Å². The lowest BCUT2D eigenvalue weighted by molar-refractivity contribution is 0.0998. The van der Waals surface area contributed by atoms with E-state index < -0.39 is 5.91 Å². The van der Waals surface area contributed by atoms with Crippen LogP contribution in [-0.4, -0.2) is 30.1 Å². The highest BCUT2D eigenvalue weighted by Gasteiger charge is 2.15. The average molecular weight is 235 g/mol. The number of rotatable bonds is 4. The van der Waals surface area contributed by atoms with Gasteiger partial charge in [-0.15, -0.1) is 0 Å². The first-order valence-electron chi connectivity index (χ1n) is 5.79. The number of primary amides is 1. The third kappa shape index (κ3) is 2.94. The first kappa shape index (κ1) is 11.9. The van der Waals surface area contributed by atoms with Gasteiger partial charge in [-0.3, -0.25) is 9.78 Å². The second kappa shape index (κ2) is 5.14. The Hall–Kier alpha value is -1.62. The smallest absolute Gasteiger partial charge is 0.250 e. The maximum atomic E-state index is 11.1. The summed E-state index contributed by atoms with van der Waals surface area (Å²) in [7, 11) is 0. The zero-order chi connectivity index (χ0) is 12.3. The molecule has 1 aliphatic heterocycles. The van der Waals surface area contributed by atoms with Crippen LogP contribution >= 0.6 is 0 Å². The van der Waals surface area contributed by atoms with Gasteiger partial charge in [-0.2, -0.15) is 0 Å². The molecule has 5 heteroatoms. The van der Waals surface area contributed by atoms with Crippen LogP contribution in [0.3, 0.4) is 0 Å². The van der Waals surface area contributed by atoms with Gasteiger partial charge in [-0.25, -0.2) is 0 Å². The molecule has 92 valence electrons. The second-order valence-electron chi connectivity index (χ2n) is 4.27. The Balaban J connectivity index is 2.00. The molecule has 2 rings (SSSR count).